The Balaban J connectivity index is 2.03. The van der Waals surface area contributed by atoms with E-state index in [0.717, 1.165) is 36.5 Å². The lowest BCUT2D eigenvalue weighted by Crippen LogP contribution is -2.36. The topological polar surface area (TPSA) is 46.2 Å². The SMILES string of the molecule is CC(C)c1ccc(S(=O)(=O)NC2CCCCC2)c2ccccc12. The highest BCUT2D eigenvalue weighted by atomic mass is 32.2. The summed E-state index contributed by atoms with van der Waals surface area (Å²) in [5.41, 5.74) is 1.19. The van der Waals surface area contributed by atoms with Gasteiger partial charge in [-0.15, -0.1) is 0 Å². The van der Waals surface area contributed by atoms with Gasteiger partial charge in [0, 0.05) is 11.4 Å². The third-order valence-corrected chi connectivity index (χ3v) is 6.33. The molecular weight excluding hydrogens is 306 g/mol. The van der Waals surface area contributed by atoms with Gasteiger partial charge in [-0.25, -0.2) is 13.1 Å². The van der Waals surface area contributed by atoms with Crippen LogP contribution in [0.5, 0.6) is 0 Å². The van der Waals surface area contributed by atoms with Gasteiger partial charge in [-0.05, 0) is 35.8 Å². The molecule has 0 saturated heterocycles. The number of hydrogen-bond donors (Lipinski definition) is 1. The molecule has 1 aliphatic rings. The van der Waals surface area contributed by atoms with Crippen LogP contribution < -0.4 is 4.72 Å². The average molecular weight is 331 g/mol. The maximum absolute atomic E-state index is 12.9. The maximum Gasteiger partial charge on any atom is 0.241 e. The number of fused-ring (bicyclic) bond motifs is 1. The standard InChI is InChI=1S/C19H25NO2S/c1-14(2)16-12-13-19(18-11-7-6-10-17(16)18)23(21,22)20-15-8-4-3-5-9-15/h6-7,10-15,20H,3-5,8-9H2,1-2H3. The van der Waals surface area contributed by atoms with Crippen LogP contribution >= 0.6 is 0 Å². The molecule has 2 aromatic carbocycles. The highest BCUT2D eigenvalue weighted by Crippen LogP contribution is 2.31. The summed E-state index contributed by atoms with van der Waals surface area (Å²) in [6, 6.07) is 11.6. The zero-order valence-electron chi connectivity index (χ0n) is 13.9. The quantitative estimate of drug-likeness (QED) is 0.891. The van der Waals surface area contributed by atoms with Crippen LogP contribution in [0.1, 0.15) is 57.4 Å². The zero-order valence-corrected chi connectivity index (χ0v) is 14.7. The molecule has 0 unspecified atom stereocenters. The first-order valence-corrected chi connectivity index (χ1v) is 10.0. The first-order valence-electron chi connectivity index (χ1n) is 8.53. The summed E-state index contributed by atoms with van der Waals surface area (Å²) in [6.45, 7) is 4.27. The van der Waals surface area contributed by atoms with E-state index < -0.39 is 10.0 Å². The van der Waals surface area contributed by atoms with Gasteiger partial charge in [0.25, 0.3) is 0 Å². The van der Waals surface area contributed by atoms with Crippen molar-refractivity contribution in [3.63, 3.8) is 0 Å². The van der Waals surface area contributed by atoms with E-state index in [2.05, 4.69) is 18.6 Å². The van der Waals surface area contributed by atoms with Gasteiger partial charge in [0.05, 0.1) is 4.90 Å². The predicted molar refractivity (Wildman–Crippen MR) is 95.2 cm³/mol. The van der Waals surface area contributed by atoms with Gasteiger partial charge < -0.3 is 0 Å². The number of benzene rings is 2. The van der Waals surface area contributed by atoms with Crippen LogP contribution in [0.25, 0.3) is 10.8 Å². The van der Waals surface area contributed by atoms with Gasteiger partial charge >= 0.3 is 0 Å². The molecule has 124 valence electrons. The fourth-order valence-electron chi connectivity index (χ4n) is 3.54. The van der Waals surface area contributed by atoms with E-state index in [4.69, 9.17) is 0 Å². The lowest BCUT2D eigenvalue weighted by molar-refractivity contribution is 0.412. The van der Waals surface area contributed by atoms with Crippen LogP contribution in [0, 0.1) is 0 Å². The summed E-state index contributed by atoms with van der Waals surface area (Å²) in [5.74, 6) is 0.364. The molecule has 0 radical (unpaired) electrons. The van der Waals surface area contributed by atoms with Crippen LogP contribution in [0.15, 0.2) is 41.3 Å². The van der Waals surface area contributed by atoms with E-state index in [1.807, 2.05) is 30.3 Å². The first-order chi connectivity index (χ1) is 11.0. The lowest BCUT2D eigenvalue weighted by Gasteiger charge is -2.23. The molecule has 3 rings (SSSR count). The van der Waals surface area contributed by atoms with Gasteiger partial charge in [0.1, 0.15) is 0 Å². The van der Waals surface area contributed by atoms with E-state index in [0.29, 0.717) is 10.8 Å². The van der Waals surface area contributed by atoms with Crippen molar-refractivity contribution in [3.8, 4) is 0 Å². The summed E-state index contributed by atoms with van der Waals surface area (Å²) >= 11 is 0. The molecule has 0 bridgehead atoms. The summed E-state index contributed by atoms with van der Waals surface area (Å²) in [6.07, 6.45) is 5.33. The second kappa shape index (κ2) is 6.62. The Bertz CT molecular complexity index is 790. The minimum absolute atomic E-state index is 0.0808. The number of hydrogen-bond acceptors (Lipinski definition) is 2. The molecule has 1 saturated carbocycles. The van der Waals surface area contributed by atoms with E-state index in [1.54, 1.807) is 6.07 Å². The van der Waals surface area contributed by atoms with E-state index in [9.17, 15) is 8.42 Å². The summed E-state index contributed by atoms with van der Waals surface area (Å²) < 4.78 is 28.7. The van der Waals surface area contributed by atoms with Gasteiger partial charge in [-0.2, -0.15) is 0 Å². The van der Waals surface area contributed by atoms with E-state index in [1.165, 1.54) is 12.0 Å². The van der Waals surface area contributed by atoms with Gasteiger partial charge in [-0.3, -0.25) is 0 Å². The van der Waals surface area contributed by atoms with Crippen molar-refractivity contribution in [1.82, 2.24) is 4.72 Å². The third kappa shape index (κ3) is 3.43. The van der Waals surface area contributed by atoms with Crippen LogP contribution in [0.4, 0.5) is 0 Å². The second-order valence-electron chi connectivity index (χ2n) is 6.81. The molecule has 2 aromatic rings. The molecule has 0 aliphatic heterocycles. The van der Waals surface area contributed by atoms with Crippen molar-refractivity contribution in [1.29, 1.82) is 0 Å². The molecular formula is C19H25NO2S. The Morgan fingerprint density at radius 1 is 0.957 bits per heavy atom. The molecule has 0 heterocycles. The molecule has 3 nitrogen and oxygen atoms in total. The lowest BCUT2D eigenvalue weighted by atomic mass is 9.96. The summed E-state index contributed by atoms with van der Waals surface area (Å²) in [7, 11) is -3.48. The largest absolute Gasteiger partial charge is 0.241 e. The highest BCUT2D eigenvalue weighted by molar-refractivity contribution is 7.89. The van der Waals surface area contributed by atoms with Crippen molar-refractivity contribution in [2.24, 2.45) is 0 Å². The monoisotopic (exact) mass is 331 g/mol. The minimum Gasteiger partial charge on any atom is -0.208 e. The van der Waals surface area contributed by atoms with Crippen LogP contribution in [0.2, 0.25) is 0 Å². The highest BCUT2D eigenvalue weighted by Gasteiger charge is 2.24. The Morgan fingerprint density at radius 2 is 1.61 bits per heavy atom. The number of sulfonamides is 1. The third-order valence-electron chi connectivity index (χ3n) is 4.76. The van der Waals surface area contributed by atoms with Gasteiger partial charge in [0.15, 0.2) is 0 Å². The average Bonchev–Trinajstić information content (AvgIpc) is 2.54. The summed E-state index contributed by atoms with van der Waals surface area (Å²) in [4.78, 5) is 0.406. The van der Waals surface area contributed by atoms with Crippen molar-refractivity contribution in [3.05, 3.63) is 42.0 Å². The predicted octanol–water partition coefficient (Wildman–Crippen LogP) is 4.57. The smallest absolute Gasteiger partial charge is 0.208 e. The Labute approximate surface area is 139 Å². The van der Waals surface area contributed by atoms with Crippen molar-refractivity contribution in [2.45, 2.75) is 62.8 Å². The van der Waals surface area contributed by atoms with E-state index in [-0.39, 0.29) is 6.04 Å². The maximum atomic E-state index is 12.9. The molecule has 1 fully saturated rings. The Morgan fingerprint density at radius 3 is 2.26 bits per heavy atom. The Hall–Kier alpha value is -1.39. The fraction of sp³-hybridized carbons (Fsp3) is 0.474. The molecule has 0 amide bonds. The molecule has 1 N–H and O–H groups in total. The molecule has 1 aliphatic carbocycles. The van der Waals surface area contributed by atoms with E-state index >= 15 is 0 Å². The fourth-order valence-corrected chi connectivity index (χ4v) is 5.05. The molecule has 0 aromatic heterocycles. The molecule has 0 atom stereocenters. The molecule has 4 heteroatoms. The van der Waals surface area contributed by atoms with Crippen LogP contribution in [0.3, 0.4) is 0 Å². The molecule has 0 spiro atoms. The second-order valence-corrected chi connectivity index (χ2v) is 8.49. The van der Waals surface area contributed by atoms with Gasteiger partial charge in [-0.1, -0.05) is 63.4 Å². The first kappa shape index (κ1) is 16.5. The van der Waals surface area contributed by atoms with Crippen molar-refractivity contribution < 1.29 is 8.42 Å². The summed E-state index contributed by atoms with van der Waals surface area (Å²) in [5, 5.41) is 1.86. The molecule has 23 heavy (non-hydrogen) atoms. The normalized spacial score (nSPS) is 17.0. The van der Waals surface area contributed by atoms with Crippen molar-refractivity contribution in [2.75, 3.05) is 0 Å². The number of nitrogens with one attached hydrogen (secondary N) is 1. The minimum atomic E-state index is -3.48. The van der Waals surface area contributed by atoms with Crippen molar-refractivity contribution >= 4 is 20.8 Å². The van der Waals surface area contributed by atoms with Gasteiger partial charge in [0.2, 0.25) is 10.0 Å². The van der Waals surface area contributed by atoms with Crippen LogP contribution in [-0.2, 0) is 10.0 Å². The Kier molecular flexibility index (Phi) is 4.74. The zero-order chi connectivity index (χ0) is 16.4. The van der Waals surface area contributed by atoms with Crippen LogP contribution in [-0.4, -0.2) is 14.5 Å². The number of rotatable bonds is 4.